The number of hydrogen-bond donors (Lipinski definition) is 2. The molecule has 0 aromatic heterocycles. The Labute approximate surface area is 215 Å². The zero-order valence-corrected chi connectivity index (χ0v) is 22.2. The number of ketones is 1. The van der Waals surface area contributed by atoms with Gasteiger partial charge in [0.2, 0.25) is 0 Å². The van der Waals surface area contributed by atoms with E-state index in [9.17, 15) is 9.59 Å². The second-order valence-electron chi connectivity index (χ2n) is 12.9. The molecule has 6 heteroatoms. The van der Waals surface area contributed by atoms with Gasteiger partial charge in [-0.2, -0.15) is 0 Å². The van der Waals surface area contributed by atoms with Gasteiger partial charge in [-0.3, -0.25) is 15.0 Å². The number of fused-ring (bicyclic) bond motifs is 3. The van der Waals surface area contributed by atoms with Crippen LogP contribution in [-0.4, -0.2) is 30.8 Å². The fraction of sp³-hybridized carbons (Fsp3) is 0.700. The standard InChI is InChI=1S/C30H42N2O4/c1-27-14-10-23-28(2)12-4-13-29(3,22(28)11-15-30(23,19-27)18-24(27)33)26(34)36-17-5-16-35-21-8-6-20(7-9-21)25(31)32/h6-9,22-23H,4-5,10-19H2,1-3H3,(H3,31,32)/t22-,23-,27-,28+,29+,30+/m0/s1. The monoisotopic (exact) mass is 494 g/mol. The van der Waals surface area contributed by atoms with E-state index in [2.05, 4.69) is 20.8 Å². The minimum absolute atomic E-state index is 0.0348. The summed E-state index contributed by atoms with van der Waals surface area (Å²) in [6.07, 6.45) is 9.81. The molecule has 1 aromatic carbocycles. The Morgan fingerprint density at radius 1 is 1.03 bits per heavy atom. The number of nitrogen functional groups attached to an aromatic ring is 1. The van der Waals surface area contributed by atoms with Crippen LogP contribution < -0.4 is 10.5 Å². The first kappa shape index (κ1) is 25.3. The number of amidine groups is 1. The summed E-state index contributed by atoms with van der Waals surface area (Å²) < 4.78 is 11.6. The normalized spacial score (nSPS) is 39.1. The van der Waals surface area contributed by atoms with E-state index in [1.807, 2.05) is 0 Å². The summed E-state index contributed by atoms with van der Waals surface area (Å²) in [6, 6.07) is 7.13. The smallest absolute Gasteiger partial charge is 0.312 e. The maximum atomic E-state index is 13.5. The van der Waals surface area contributed by atoms with Crippen molar-refractivity contribution < 1.29 is 19.1 Å². The van der Waals surface area contributed by atoms with E-state index in [-0.39, 0.29) is 28.0 Å². The zero-order valence-electron chi connectivity index (χ0n) is 22.2. The van der Waals surface area contributed by atoms with Crippen molar-refractivity contribution in [2.75, 3.05) is 13.2 Å². The van der Waals surface area contributed by atoms with E-state index in [0.717, 1.165) is 57.8 Å². The summed E-state index contributed by atoms with van der Waals surface area (Å²) in [6.45, 7) is 7.59. The molecule has 4 saturated carbocycles. The number of nitrogens with one attached hydrogen (secondary N) is 1. The fourth-order valence-electron chi connectivity index (χ4n) is 9.06. The average molecular weight is 495 g/mol. The van der Waals surface area contributed by atoms with Crippen LogP contribution in [0.25, 0.3) is 0 Å². The highest BCUT2D eigenvalue weighted by Gasteiger charge is 2.68. The molecule has 4 fully saturated rings. The highest BCUT2D eigenvalue weighted by atomic mass is 16.5. The van der Waals surface area contributed by atoms with Crippen LogP contribution in [0.2, 0.25) is 0 Å². The SMILES string of the molecule is C[C@@]12CC[C@@H]3[C@](CC[C@H]4[C@@]3(C)CCC[C@@]4(C)C(=O)OCCCOc3ccc(C(=N)N)cc3)(CC1=O)C2. The van der Waals surface area contributed by atoms with E-state index < -0.39 is 5.41 Å². The fourth-order valence-corrected chi connectivity index (χ4v) is 9.06. The number of hydrogen-bond acceptors (Lipinski definition) is 5. The highest BCUT2D eigenvalue weighted by Crippen LogP contribution is 2.73. The molecule has 4 aliphatic carbocycles. The molecule has 1 aromatic rings. The van der Waals surface area contributed by atoms with Gasteiger partial charge in [0, 0.05) is 23.8 Å². The number of carbonyl (C=O) groups is 2. The second kappa shape index (κ2) is 8.88. The molecule has 196 valence electrons. The van der Waals surface area contributed by atoms with Crippen molar-refractivity contribution in [2.24, 2.45) is 39.2 Å². The van der Waals surface area contributed by atoms with Crippen LogP contribution in [0.15, 0.2) is 24.3 Å². The Balaban J connectivity index is 1.19. The highest BCUT2D eigenvalue weighted by molar-refractivity contribution is 5.95. The van der Waals surface area contributed by atoms with Crippen LogP contribution in [0, 0.1) is 38.9 Å². The van der Waals surface area contributed by atoms with Gasteiger partial charge in [-0.25, -0.2) is 0 Å². The lowest BCUT2D eigenvalue weighted by atomic mass is 9.40. The first-order valence-electron chi connectivity index (χ1n) is 13.8. The van der Waals surface area contributed by atoms with Gasteiger partial charge in [0.15, 0.2) is 0 Å². The molecule has 1 spiro atoms. The van der Waals surface area contributed by atoms with Crippen molar-refractivity contribution in [1.29, 1.82) is 5.41 Å². The summed E-state index contributed by atoms with van der Waals surface area (Å²) in [5.41, 5.74) is 5.86. The molecule has 5 rings (SSSR count). The third-order valence-corrected chi connectivity index (χ3v) is 10.8. The topological polar surface area (TPSA) is 102 Å². The number of ether oxygens (including phenoxy) is 2. The molecule has 3 N–H and O–H groups in total. The Hall–Kier alpha value is -2.37. The third-order valence-electron chi connectivity index (χ3n) is 10.8. The molecule has 0 radical (unpaired) electrons. The molecule has 0 aliphatic heterocycles. The quantitative estimate of drug-likeness (QED) is 0.220. The molecule has 0 unspecified atom stereocenters. The Morgan fingerprint density at radius 3 is 2.47 bits per heavy atom. The average Bonchev–Trinajstić information content (AvgIpc) is 3.01. The van der Waals surface area contributed by atoms with Gasteiger partial charge < -0.3 is 15.2 Å². The van der Waals surface area contributed by atoms with Crippen LogP contribution in [0.4, 0.5) is 0 Å². The molecular weight excluding hydrogens is 452 g/mol. The molecule has 4 aliphatic rings. The second-order valence-corrected chi connectivity index (χ2v) is 12.9. The van der Waals surface area contributed by atoms with Crippen molar-refractivity contribution in [3.05, 3.63) is 29.8 Å². The molecule has 36 heavy (non-hydrogen) atoms. The van der Waals surface area contributed by atoms with Gasteiger partial charge >= 0.3 is 5.97 Å². The maximum Gasteiger partial charge on any atom is 0.312 e. The number of benzene rings is 1. The molecular formula is C30H42N2O4. The first-order chi connectivity index (χ1) is 17.0. The summed E-state index contributed by atoms with van der Waals surface area (Å²) in [5, 5.41) is 7.46. The van der Waals surface area contributed by atoms with Crippen molar-refractivity contribution in [2.45, 2.75) is 85.0 Å². The predicted octanol–water partition coefficient (Wildman–Crippen LogP) is 5.65. The Kier molecular flexibility index (Phi) is 6.24. The van der Waals surface area contributed by atoms with E-state index in [4.69, 9.17) is 20.6 Å². The summed E-state index contributed by atoms with van der Waals surface area (Å²) >= 11 is 0. The van der Waals surface area contributed by atoms with Crippen LogP contribution in [0.3, 0.4) is 0 Å². The lowest BCUT2D eigenvalue weighted by molar-refractivity contribution is -0.188. The van der Waals surface area contributed by atoms with Crippen molar-refractivity contribution in [1.82, 2.24) is 0 Å². The molecule has 2 bridgehead atoms. The minimum Gasteiger partial charge on any atom is -0.493 e. The summed E-state index contributed by atoms with van der Waals surface area (Å²) in [4.78, 5) is 26.5. The number of esters is 1. The van der Waals surface area contributed by atoms with E-state index in [0.29, 0.717) is 48.6 Å². The predicted molar refractivity (Wildman–Crippen MR) is 139 cm³/mol. The van der Waals surface area contributed by atoms with Crippen LogP contribution >= 0.6 is 0 Å². The molecule has 0 heterocycles. The van der Waals surface area contributed by atoms with Gasteiger partial charge in [0.1, 0.15) is 17.4 Å². The lowest BCUT2D eigenvalue weighted by Gasteiger charge is -2.63. The van der Waals surface area contributed by atoms with Gasteiger partial charge in [-0.05, 0) is 98.8 Å². The Bertz CT molecular complexity index is 1050. The van der Waals surface area contributed by atoms with Gasteiger partial charge in [0.25, 0.3) is 0 Å². The van der Waals surface area contributed by atoms with E-state index in [1.54, 1.807) is 24.3 Å². The largest absolute Gasteiger partial charge is 0.493 e. The molecule has 6 atom stereocenters. The van der Waals surface area contributed by atoms with Gasteiger partial charge in [-0.1, -0.05) is 20.3 Å². The molecule has 6 nitrogen and oxygen atoms in total. The van der Waals surface area contributed by atoms with E-state index >= 15 is 0 Å². The first-order valence-corrected chi connectivity index (χ1v) is 13.8. The van der Waals surface area contributed by atoms with Crippen molar-refractivity contribution in [3.63, 3.8) is 0 Å². The zero-order chi connectivity index (χ0) is 25.8. The lowest BCUT2D eigenvalue weighted by Crippen LogP contribution is -2.58. The maximum absolute atomic E-state index is 13.5. The Morgan fingerprint density at radius 2 is 1.75 bits per heavy atom. The van der Waals surface area contributed by atoms with Crippen molar-refractivity contribution >= 4 is 17.6 Å². The van der Waals surface area contributed by atoms with Gasteiger partial charge in [0.05, 0.1) is 18.6 Å². The number of rotatable bonds is 7. The summed E-state index contributed by atoms with van der Waals surface area (Å²) in [5.74, 6) is 2.04. The number of nitrogens with two attached hydrogens (primary N) is 1. The van der Waals surface area contributed by atoms with Gasteiger partial charge in [-0.15, -0.1) is 0 Å². The van der Waals surface area contributed by atoms with E-state index in [1.165, 1.54) is 0 Å². The van der Waals surface area contributed by atoms with Crippen LogP contribution in [0.5, 0.6) is 5.75 Å². The van der Waals surface area contributed by atoms with Crippen LogP contribution in [0.1, 0.15) is 90.5 Å². The number of Topliss-reactive ketones (excluding diaryl/α,β-unsaturated/α-hetero) is 1. The molecule has 0 amide bonds. The number of carbonyl (C=O) groups excluding carboxylic acids is 2. The minimum atomic E-state index is -0.457. The molecule has 0 saturated heterocycles. The summed E-state index contributed by atoms with van der Waals surface area (Å²) in [7, 11) is 0. The van der Waals surface area contributed by atoms with Crippen LogP contribution in [-0.2, 0) is 14.3 Å². The van der Waals surface area contributed by atoms with Crippen molar-refractivity contribution in [3.8, 4) is 5.75 Å². The third kappa shape index (κ3) is 3.95.